The van der Waals surface area contributed by atoms with Gasteiger partial charge in [-0.05, 0) is 58.0 Å². The second-order valence-corrected chi connectivity index (χ2v) is 11.9. The fourth-order valence-corrected chi connectivity index (χ4v) is 6.59. The van der Waals surface area contributed by atoms with E-state index < -0.39 is 0 Å². The van der Waals surface area contributed by atoms with Gasteiger partial charge < -0.3 is 14.4 Å². The minimum Gasteiger partial charge on any atom is -0.506 e. The molecule has 0 saturated heterocycles. The number of hydrogen-bond acceptors (Lipinski definition) is 4. The van der Waals surface area contributed by atoms with Crippen molar-refractivity contribution in [1.29, 1.82) is 0 Å². The molecule has 9 rings (SSSR count). The maximum absolute atomic E-state index is 10.5. The van der Waals surface area contributed by atoms with Crippen molar-refractivity contribution in [3.8, 4) is 56.6 Å². The largest absolute Gasteiger partial charge is 0.506 e. The average molecular weight is 826 g/mol. The second-order valence-electron chi connectivity index (χ2n) is 11.9. The summed E-state index contributed by atoms with van der Waals surface area (Å²) in [5, 5.41) is 13.5. The molecule has 6 aromatic carbocycles. The van der Waals surface area contributed by atoms with Crippen molar-refractivity contribution in [2.24, 2.45) is 0 Å². The van der Waals surface area contributed by atoms with E-state index in [2.05, 4.69) is 94.5 Å². The first-order valence-electron chi connectivity index (χ1n) is 16.1. The molecule has 0 aliphatic carbocycles. The van der Waals surface area contributed by atoms with Gasteiger partial charge in [-0.25, -0.2) is 9.97 Å². The van der Waals surface area contributed by atoms with E-state index >= 15 is 0 Å². The summed E-state index contributed by atoms with van der Waals surface area (Å²) >= 11 is 0. The van der Waals surface area contributed by atoms with Gasteiger partial charge in [0, 0.05) is 55.5 Å². The first kappa shape index (κ1) is 31.2. The smallest absolute Gasteiger partial charge is 0.217 e. The molecular weight excluding hydrogens is 798 g/mol. The third kappa shape index (κ3) is 5.62. The Hall–Kier alpha value is -6.03. The number of nitrogens with zero attached hydrogens (tertiary/aromatic N) is 3. The fourth-order valence-electron chi connectivity index (χ4n) is 6.59. The molecule has 0 aliphatic rings. The molecule has 0 amide bonds. The molecule has 9 aromatic rings. The van der Waals surface area contributed by atoms with E-state index in [-0.39, 0.29) is 26.8 Å². The fraction of sp³-hybridized carbons (Fsp3) is 0. The molecule has 3 heterocycles. The van der Waals surface area contributed by atoms with Crippen LogP contribution >= 0.6 is 0 Å². The van der Waals surface area contributed by atoms with Gasteiger partial charge in [-0.1, -0.05) is 126 Å². The van der Waals surface area contributed by atoms with Gasteiger partial charge in [0.05, 0.1) is 0 Å². The molecule has 0 atom stereocenters. The number of aromatic hydroxyl groups is 1. The first-order chi connectivity index (χ1) is 24.2. The zero-order chi connectivity index (χ0) is 32.7. The third-order valence-electron chi connectivity index (χ3n) is 8.92. The molecule has 50 heavy (non-hydrogen) atoms. The van der Waals surface area contributed by atoms with E-state index in [1.807, 2.05) is 72.9 Å². The molecule has 0 fully saturated rings. The zero-order valence-corrected chi connectivity index (χ0v) is 28.9. The van der Waals surface area contributed by atoms with E-state index in [1.165, 1.54) is 0 Å². The van der Waals surface area contributed by atoms with Crippen molar-refractivity contribution in [2.75, 3.05) is 0 Å². The number of ether oxygens (including phenoxy) is 1. The predicted molar refractivity (Wildman–Crippen MR) is 197 cm³/mol. The Morgan fingerprint density at radius 2 is 1.28 bits per heavy atom. The van der Waals surface area contributed by atoms with Gasteiger partial charge in [-0.15, -0.1) is 17.7 Å². The molecule has 0 unspecified atom stereocenters. The number of para-hydroxylation sites is 1. The van der Waals surface area contributed by atoms with Crippen LogP contribution in [0.15, 0.2) is 164 Å². The summed E-state index contributed by atoms with van der Waals surface area (Å²) in [6.45, 7) is 0. The van der Waals surface area contributed by atoms with Crippen molar-refractivity contribution in [2.45, 2.75) is 0 Å². The van der Waals surface area contributed by atoms with Crippen LogP contribution < -0.4 is 4.74 Å². The predicted octanol–water partition coefficient (Wildman–Crippen LogP) is 11.0. The Kier molecular flexibility index (Phi) is 8.20. The Morgan fingerprint density at radius 3 is 1.98 bits per heavy atom. The number of benzene rings is 6. The molecule has 0 bridgehead atoms. The number of pyridine rings is 2. The van der Waals surface area contributed by atoms with Crippen LogP contribution in [0.2, 0.25) is 0 Å². The number of hydrogen-bond donors (Lipinski definition) is 1. The SMILES string of the molecule is Oc1cccc2ccc(Oc3[c-]c4c(c(-c5ccccc5)c3)c3ccc(-c5ccccc5)cc3n4-c3ccc(-c4ccccc4)cn3)nc12.[Pt]. The van der Waals surface area contributed by atoms with Crippen LogP contribution in [0.5, 0.6) is 17.4 Å². The first-order valence-corrected chi connectivity index (χ1v) is 16.1. The van der Waals surface area contributed by atoms with Gasteiger partial charge in [0.1, 0.15) is 17.1 Å². The molecule has 242 valence electrons. The number of phenols is 1. The van der Waals surface area contributed by atoms with E-state index in [0.717, 1.165) is 66.4 Å². The topological polar surface area (TPSA) is 60.2 Å². The van der Waals surface area contributed by atoms with Crippen molar-refractivity contribution in [3.05, 3.63) is 170 Å². The molecule has 6 heteroatoms. The van der Waals surface area contributed by atoms with E-state index in [1.54, 1.807) is 12.1 Å². The molecular formula is C44H28N3O2Pt-. The Balaban J connectivity index is 0.00000361. The summed E-state index contributed by atoms with van der Waals surface area (Å²) in [5.74, 6) is 1.74. The summed E-state index contributed by atoms with van der Waals surface area (Å²) in [6, 6.07) is 56.5. The van der Waals surface area contributed by atoms with Crippen LogP contribution in [0.3, 0.4) is 0 Å². The number of phenolic OH excluding ortho intramolecular Hbond substituents is 1. The number of aromatic nitrogens is 3. The summed E-state index contributed by atoms with van der Waals surface area (Å²) in [7, 11) is 0. The molecule has 3 aromatic heterocycles. The van der Waals surface area contributed by atoms with Gasteiger partial charge in [-0.2, -0.15) is 0 Å². The molecule has 0 spiro atoms. The zero-order valence-electron chi connectivity index (χ0n) is 26.6. The van der Waals surface area contributed by atoms with Gasteiger partial charge in [0.15, 0.2) is 0 Å². The van der Waals surface area contributed by atoms with E-state index in [0.29, 0.717) is 17.1 Å². The Bertz CT molecular complexity index is 2620. The summed E-state index contributed by atoms with van der Waals surface area (Å²) in [5.41, 5.74) is 8.77. The van der Waals surface area contributed by atoms with Gasteiger partial charge in [-0.3, -0.25) is 0 Å². The van der Waals surface area contributed by atoms with Crippen molar-refractivity contribution in [3.63, 3.8) is 0 Å². The maximum Gasteiger partial charge on any atom is 0.217 e. The second kappa shape index (κ2) is 13.1. The van der Waals surface area contributed by atoms with Crippen LogP contribution in [-0.2, 0) is 21.1 Å². The van der Waals surface area contributed by atoms with Gasteiger partial charge >= 0.3 is 0 Å². The quantitative estimate of drug-likeness (QED) is 0.170. The minimum atomic E-state index is 0. The van der Waals surface area contributed by atoms with E-state index in [9.17, 15) is 5.11 Å². The van der Waals surface area contributed by atoms with Crippen molar-refractivity contribution < 1.29 is 30.9 Å². The molecule has 0 saturated carbocycles. The summed E-state index contributed by atoms with van der Waals surface area (Å²) < 4.78 is 8.63. The van der Waals surface area contributed by atoms with Crippen LogP contribution in [0.25, 0.3) is 71.9 Å². The molecule has 5 nitrogen and oxygen atoms in total. The van der Waals surface area contributed by atoms with Crippen molar-refractivity contribution >= 4 is 32.7 Å². The Morgan fingerprint density at radius 1 is 0.600 bits per heavy atom. The molecule has 1 N–H and O–H groups in total. The maximum atomic E-state index is 10.5. The standard InChI is InChI=1S/C44H28N3O2.Pt/c48-40-18-10-17-32-21-24-42(46-44(32)40)49-35-26-37(31-15-8-3-9-16-31)43-36-22-19-33(29-11-4-1-5-12-29)25-38(36)47(39(43)27-35)41-23-20-34(28-45-41)30-13-6-2-7-14-30;/h1-26,28,48H;/q-1;. The molecule has 0 aliphatic heterocycles. The van der Waals surface area contributed by atoms with Crippen LogP contribution in [0, 0.1) is 6.07 Å². The summed E-state index contributed by atoms with van der Waals surface area (Å²) in [6.07, 6.45) is 1.92. The minimum absolute atomic E-state index is 0. The van der Waals surface area contributed by atoms with E-state index in [4.69, 9.17) is 9.72 Å². The normalized spacial score (nSPS) is 11.1. The number of rotatable bonds is 6. The molecule has 0 radical (unpaired) electrons. The third-order valence-corrected chi connectivity index (χ3v) is 8.92. The number of fused-ring (bicyclic) bond motifs is 4. The van der Waals surface area contributed by atoms with Crippen LogP contribution in [0.1, 0.15) is 0 Å². The van der Waals surface area contributed by atoms with Crippen LogP contribution in [-0.4, -0.2) is 19.6 Å². The Labute approximate surface area is 303 Å². The average Bonchev–Trinajstić information content (AvgIpc) is 3.49. The van der Waals surface area contributed by atoms with Crippen molar-refractivity contribution in [1.82, 2.24) is 14.5 Å². The van der Waals surface area contributed by atoms with Gasteiger partial charge in [0.25, 0.3) is 0 Å². The monoisotopic (exact) mass is 825 g/mol. The summed E-state index contributed by atoms with van der Waals surface area (Å²) in [4.78, 5) is 9.67. The van der Waals surface area contributed by atoms with Crippen LogP contribution in [0.4, 0.5) is 0 Å². The van der Waals surface area contributed by atoms with Gasteiger partial charge in [0.2, 0.25) is 5.88 Å².